The van der Waals surface area contributed by atoms with Crippen LogP contribution in [0.25, 0.3) is 22.6 Å². The number of aromatic nitrogens is 4. The number of amides is 1. The van der Waals surface area contributed by atoms with Gasteiger partial charge in [0.2, 0.25) is 18.1 Å². The Morgan fingerprint density at radius 1 is 1.11 bits per heavy atom. The predicted molar refractivity (Wildman–Crippen MR) is 141 cm³/mol. The number of ether oxygens (including phenoxy) is 2. The number of piperidine rings is 1. The molecule has 202 valence electrons. The van der Waals surface area contributed by atoms with Crippen molar-refractivity contribution in [1.82, 2.24) is 30.6 Å². The van der Waals surface area contributed by atoms with E-state index in [0.29, 0.717) is 40.5 Å². The van der Waals surface area contributed by atoms with Gasteiger partial charge >= 0.3 is 0 Å². The van der Waals surface area contributed by atoms with Gasteiger partial charge in [-0.05, 0) is 77.0 Å². The molecule has 4 N–H and O–H groups in total. The predicted octanol–water partition coefficient (Wildman–Crippen LogP) is 3.41. The quantitative estimate of drug-likeness (QED) is 0.371. The van der Waals surface area contributed by atoms with Crippen molar-refractivity contribution < 1.29 is 18.7 Å². The van der Waals surface area contributed by atoms with E-state index in [1.807, 2.05) is 20.8 Å². The number of rotatable bonds is 7. The second-order valence-corrected chi connectivity index (χ2v) is 10.4. The Labute approximate surface area is 221 Å². The van der Waals surface area contributed by atoms with Gasteiger partial charge in [0.15, 0.2) is 5.82 Å². The van der Waals surface area contributed by atoms with Gasteiger partial charge in [0.25, 0.3) is 0 Å². The summed E-state index contributed by atoms with van der Waals surface area (Å²) in [6.07, 6.45) is 2.89. The Morgan fingerprint density at radius 3 is 2.50 bits per heavy atom. The molecule has 5 rings (SSSR count). The molecule has 2 fully saturated rings. The molecule has 0 unspecified atom stereocenters. The number of nitrogens with one attached hydrogen (secondary N) is 4. The third-order valence-corrected chi connectivity index (χ3v) is 6.72. The van der Waals surface area contributed by atoms with Crippen LogP contribution in [0.15, 0.2) is 36.5 Å². The van der Waals surface area contributed by atoms with E-state index in [4.69, 9.17) is 19.4 Å². The summed E-state index contributed by atoms with van der Waals surface area (Å²) in [6.45, 7) is 7.90. The van der Waals surface area contributed by atoms with Gasteiger partial charge in [-0.3, -0.25) is 4.79 Å². The number of carbonyl (C=O) groups is 1. The van der Waals surface area contributed by atoms with Crippen LogP contribution in [-0.2, 0) is 14.3 Å². The van der Waals surface area contributed by atoms with Crippen molar-refractivity contribution in [2.75, 3.05) is 31.6 Å². The molecule has 2 saturated heterocycles. The van der Waals surface area contributed by atoms with E-state index in [2.05, 4.69) is 25.9 Å². The first-order valence-corrected chi connectivity index (χ1v) is 13.0. The summed E-state index contributed by atoms with van der Waals surface area (Å²) in [5, 5.41) is 9.71. The monoisotopic (exact) mass is 523 g/mol. The second-order valence-electron chi connectivity index (χ2n) is 10.4. The molecule has 11 heteroatoms. The molecule has 10 nitrogen and oxygen atoms in total. The van der Waals surface area contributed by atoms with Crippen molar-refractivity contribution in [1.29, 1.82) is 0 Å². The molecule has 2 aromatic heterocycles. The van der Waals surface area contributed by atoms with E-state index in [1.54, 1.807) is 24.4 Å². The lowest BCUT2D eigenvalue weighted by atomic mass is 9.90. The Bertz CT molecular complexity index is 1250. The summed E-state index contributed by atoms with van der Waals surface area (Å²) in [6, 6.07) is 8.24. The van der Waals surface area contributed by atoms with Crippen molar-refractivity contribution in [2.45, 2.75) is 52.0 Å². The first kappa shape index (κ1) is 26.2. The van der Waals surface area contributed by atoms with Crippen LogP contribution in [0.4, 0.5) is 10.3 Å². The maximum Gasteiger partial charge on any atom is 0.230 e. The number of H-pyrrole nitrogens is 1. The molecule has 1 aromatic carbocycles. The highest BCUT2D eigenvalue weighted by Gasteiger charge is 2.41. The van der Waals surface area contributed by atoms with Crippen LogP contribution in [0.1, 0.15) is 45.7 Å². The number of aromatic amines is 1. The standard InChI is InChI=1S/C27H34FN7O3/c1-16(2)31-25(36)27(3)14-37-24(38-15-27)23-34-21(17-4-6-18(28)7-5-17)22(35-23)20-10-13-30-26(33-20)32-19-8-11-29-12-9-19/h4-7,10,13,16,19,24,29H,8-9,11-12,14-15H2,1-3H3,(H,31,36)(H,34,35)(H,30,32,33). The van der Waals surface area contributed by atoms with Gasteiger partial charge in [-0.15, -0.1) is 0 Å². The molecular weight excluding hydrogens is 489 g/mol. The van der Waals surface area contributed by atoms with Crippen LogP contribution in [0, 0.1) is 11.2 Å². The van der Waals surface area contributed by atoms with Gasteiger partial charge in [-0.1, -0.05) is 0 Å². The highest BCUT2D eigenvalue weighted by molar-refractivity contribution is 5.83. The van der Waals surface area contributed by atoms with Crippen LogP contribution < -0.4 is 16.0 Å². The van der Waals surface area contributed by atoms with E-state index in [0.717, 1.165) is 25.9 Å². The molecular formula is C27H34FN7O3. The summed E-state index contributed by atoms with van der Waals surface area (Å²) in [5.41, 5.74) is 1.77. The molecule has 0 saturated carbocycles. The summed E-state index contributed by atoms with van der Waals surface area (Å²) >= 11 is 0. The number of anilines is 1. The Hall–Kier alpha value is -3.41. The third-order valence-electron chi connectivity index (χ3n) is 6.72. The molecule has 0 atom stereocenters. The smallest absolute Gasteiger partial charge is 0.230 e. The van der Waals surface area contributed by atoms with Crippen molar-refractivity contribution in [3.05, 3.63) is 48.2 Å². The molecule has 38 heavy (non-hydrogen) atoms. The molecule has 0 radical (unpaired) electrons. The molecule has 2 aliphatic heterocycles. The van der Waals surface area contributed by atoms with Crippen molar-refractivity contribution >= 4 is 11.9 Å². The van der Waals surface area contributed by atoms with Crippen LogP contribution in [0.5, 0.6) is 0 Å². The number of benzene rings is 1. The number of hydrogen-bond acceptors (Lipinski definition) is 8. The fraction of sp³-hybridized carbons (Fsp3) is 0.481. The third kappa shape index (κ3) is 5.85. The molecule has 0 aliphatic carbocycles. The zero-order valence-electron chi connectivity index (χ0n) is 21.9. The molecule has 2 aliphatic rings. The zero-order chi connectivity index (χ0) is 26.7. The van der Waals surface area contributed by atoms with Gasteiger partial charge in [-0.25, -0.2) is 19.3 Å². The SMILES string of the molecule is CC(C)NC(=O)C1(C)COC(c2nc(-c3ccc(F)cc3)c(-c3ccnc(NC4CCNCC4)n3)[nH]2)OC1. The summed E-state index contributed by atoms with van der Waals surface area (Å²) in [4.78, 5) is 29.9. The Balaban J connectivity index is 1.42. The van der Waals surface area contributed by atoms with E-state index >= 15 is 0 Å². The Kier molecular flexibility index (Phi) is 7.68. The number of imidazole rings is 1. The molecule has 0 bridgehead atoms. The normalized spacial score (nSPS) is 22.4. The highest BCUT2D eigenvalue weighted by Crippen LogP contribution is 2.35. The van der Waals surface area contributed by atoms with E-state index < -0.39 is 11.7 Å². The van der Waals surface area contributed by atoms with Crippen LogP contribution >= 0.6 is 0 Å². The minimum absolute atomic E-state index is 0.0185. The number of hydrogen-bond donors (Lipinski definition) is 4. The number of carbonyl (C=O) groups excluding carboxylic acids is 1. The topological polar surface area (TPSA) is 126 Å². The summed E-state index contributed by atoms with van der Waals surface area (Å²) in [7, 11) is 0. The first-order valence-electron chi connectivity index (χ1n) is 13.0. The summed E-state index contributed by atoms with van der Waals surface area (Å²) in [5.74, 6) is 0.525. The Morgan fingerprint density at radius 2 is 1.82 bits per heavy atom. The van der Waals surface area contributed by atoms with Gasteiger partial charge in [-0.2, -0.15) is 0 Å². The van der Waals surface area contributed by atoms with Gasteiger partial charge < -0.3 is 30.4 Å². The van der Waals surface area contributed by atoms with Gasteiger partial charge in [0.1, 0.15) is 5.82 Å². The largest absolute Gasteiger partial charge is 0.353 e. The maximum absolute atomic E-state index is 13.7. The molecule has 1 amide bonds. The molecule has 0 spiro atoms. The molecule has 3 aromatic rings. The van der Waals surface area contributed by atoms with Gasteiger partial charge in [0.05, 0.1) is 35.7 Å². The average molecular weight is 524 g/mol. The van der Waals surface area contributed by atoms with E-state index in [9.17, 15) is 9.18 Å². The maximum atomic E-state index is 13.7. The van der Waals surface area contributed by atoms with Crippen molar-refractivity contribution in [2.24, 2.45) is 5.41 Å². The van der Waals surface area contributed by atoms with E-state index in [1.165, 1.54) is 12.1 Å². The fourth-order valence-electron chi connectivity index (χ4n) is 4.56. The van der Waals surface area contributed by atoms with Crippen molar-refractivity contribution in [3.63, 3.8) is 0 Å². The fourth-order valence-corrected chi connectivity index (χ4v) is 4.56. The van der Waals surface area contributed by atoms with Gasteiger partial charge in [0, 0.05) is 23.8 Å². The van der Waals surface area contributed by atoms with Crippen LogP contribution in [0.3, 0.4) is 0 Å². The number of nitrogens with zero attached hydrogens (tertiary/aromatic N) is 3. The van der Waals surface area contributed by atoms with Crippen LogP contribution in [0.2, 0.25) is 0 Å². The minimum Gasteiger partial charge on any atom is -0.353 e. The lowest BCUT2D eigenvalue weighted by Crippen LogP contribution is -2.50. The lowest BCUT2D eigenvalue weighted by Gasteiger charge is -2.35. The lowest BCUT2D eigenvalue weighted by molar-refractivity contribution is -0.231. The van der Waals surface area contributed by atoms with E-state index in [-0.39, 0.29) is 31.0 Å². The van der Waals surface area contributed by atoms with Crippen LogP contribution in [-0.4, -0.2) is 64.2 Å². The zero-order valence-corrected chi connectivity index (χ0v) is 21.9. The number of halogens is 1. The average Bonchev–Trinajstić information content (AvgIpc) is 3.35. The highest BCUT2D eigenvalue weighted by atomic mass is 19.1. The first-order chi connectivity index (χ1) is 18.3. The second kappa shape index (κ2) is 11.1. The minimum atomic E-state index is -0.808. The van der Waals surface area contributed by atoms with Crippen molar-refractivity contribution in [3.8, 4) is 22.6 Å². The summed E-state index contributed by atoms with van der Waals surface area (Å²) < 4.78 is 25.6. The molecule has 4 heterocycles.